The molecule has 1 atom stereocenters. The van der Waals surface area contributed by atoms with E-state index in [2.05, 4.69) is 29.4 Å². The van der Waals surface area contributed by atoms with Gasteiger partial charge in [0.2, 0.25) is 5.91 Å². The Morgan fingerprint density at radius 1 is 1.30 bits per heavy atom. The minimum absolute atomic E-state index is 0.107. The predicted molar refractivity (Wildman–Crippen MR) is 118 cm³/mol. The number of primary amides is 1. The SMILES string of the molecule is Cc1cnc(NCC2(c3ccc(N4C[C@@]5(C(N)=O)[CH]CCN5C4=O)cc3)CCC2)s1. The second kappa shape index (κ2) is 6.97. The molecular formula is C22H26N5O2S. The number of amides is 3. The van der Waals surface area contributed by atoms with Crippen LogP contribution in [0.2, 0.25) is 0 Å². The van der Waals surface area contributed by atoms with E-state index >= 15 is 0 Å². The summed E-state index contributed by atoms with van der Waals surface area (Å²) in [5, 5.41) is 4.47. The molecule has 5 rings (SSSR count). The topological polar surface area (TPSA) is 91.6 Å². The van der Waals surface area contributed by atoms with Crippen LogP contribution in [0.15, 0.2) is 30.5 Å². The summed E-state index contributed by atoms with van der Waals surface area (Å²) in [6, 6.07) is 8.10. The van der Waals surface area contributed by atoms with Crippen LogP contribution in [0.25, 0.3) is 0 Å². The summed E-state index contributed by atoms with van der Waals surface area (Å²) in [6.07, 6.45) is 7.98. The molecule has 3 heterocycles. The van der Waals surface area contributed by atoms with Gasteiger partial charge in [0.1, 0.15) is 5.54 Å². The molecule has 2 aromatic rings. The summed E-state index contributed by atoms with van der Waals surface area (Å²) < 4.78 is 0. The van der Waals surface area contributed by atoms with Crippen molar-refractivity contribution in [2.45, 2.75) is 43.6 Å². The Hall–Kier alpha value is -2.61. The van der Waals surface area contributed by atoms with E-state index < -0.39 is 11.4 Å². The van der Waals surface area contributed by atoms with E-state index in [1.165, 1.54) is 16.9 Å². The highest BCUT2D eigenvalue weighted by atomic mass is 32.1. The second-order valence-electron chi connectivity index (χ2n) is 8.61. The number of carbonyl (C=O) groups excluding carboxylic acids is 2. The van der Waals surface area contributed by atoms with Crippen molar-refractivity contribution < 1.29 is 9.59 Å². The normalized spacial score (nSPS) is 24.6. The molecule has 1 aliphatic carbocycles. The van der Waals surface area contributed by atoms with E-state index in [1.807, 2.05) is 24.8 Å². The molecule has 1 saturated carbocycles. The molecule has 3 amide bonds. The molecule has 2 aliphatic heterocycles. The van der Waals surface area contributed by atoms with Crippen molar-refractivity contribution in [1.29, 1.82) is 0 Å². The van der Waals surface area contributed by atoms with Crippen LogP contribution in [0, 0.1) is 13.3 Å². The fourth-order valence-electron chi connectivity index (χ4n) is 4.97. The van der Waals surface area contributed by atoms with Crippen molar-refractivity contribution >= 4 is 34.1 Å². The Labute approximate surface area is 180 Å². The van der Waals surface area contributed by atoms with Gasteiger partial charge in [-0.15, -0.1) is 11.3 Å². The molecule has 0 unspecified atom stereocenters. The lowest BCUT2D eigenvalue weighted by Gasteiger charge is -2.42. The highest BCUT2D eigenvalue weighted by Crippen LogP contribution is 2.45. The third kappa shape index (κ3) is 2.88. The number of rotatable bonds is 6. The van der Waals surface area contributed by atoms with Gasteiger partial charge in [-0.3, -0.25) is 9.69 Å². The molecule has 1 radical (unpaired) electrons. The van der Waals surface area contributed by atoms with E-state index in [1.54, 1.807) is 21.1 Å². The molecule has 1 aromatic heterocycles. The first-order valence-electron chi connectivity index (χ1n) is 10.4. The van der Waals surface area contributed by atoms with Crippen LogP contribution in [-0.2, 0) is 10.2 Å². The molecule has 30 heavy (non-hydrogen) atoms. The van der Waals surface area contributed by atoms with Gasteiger partial charge in [0, 0.05) is 41.7 Å². The molecular weight excluding hydrogens is 398 g/mol. The summed E-state index contributed by atoms with van der Waals surface area (Å²) >= 11 is 1.68. The molecule has 7 nitrogen and oxygen atoms in total. The molecule has 3 N–H and O–H groups in total. The van der Waals surface area contributed by atoms with Gasteiger partial charge < -0.3 is 16.0 Å². The average molecular weight is 425 g/mol. The van der Waals surface area contributed by atoms with Crippen LogP contribution in [0.4, 0.5) is 15.6 Å². The number of urea groups is 1. The first-order valence-corrected chi connectivity index (χ1v) is 11.3. The molecule has 157 valence electrons. The number of aryl methyl sites for hydroxylation is 1. The monoisotopic (exact) mass is 424 g/mol. The molecule has 0 bridgehead atoms. The predicted octanol–water partition coefficient (Wildman–Crippen LogP) is 3.06. The molecule has 2 saturated heterocycles. The minimum Gasteiger partial charge on any atom is -0.368 e. The van der Waals surface area contributed by atoms with Crippen LogP contribution in [-0.4, -0.2) is 47.0 Å². The van der Waals surface area contributed by atoms with Gasteiger partial charge in [-0.2, -0.15) is 0 Å². The quantitative estimate of drug-likeness (QED) is 0.746. The number of fused-ring (bicyclic) bond motifs is 1. The summed E-state index contributed by atoms with van der Waals surface area (Å²) in [5.41, 5.74) is 6.89. The standard InChI is InChI=1S/C22H26N5O2S/c1-15-12-24-19(30-15)25-13-21(8-2-9-21)16-4-6-17(7-5-16)26-14-22(18(23)28)10-3-11-27(22)20(26)29/h4-7,10,12H,2-3,8-9,11,13-14H2,1H3,(H2,23,28)(H,24,25)/t22-/m1/s1. The Balaban J connectivity index is 1.34. The zero-order chi connectivity index (χ0) is 20.9. The fourth-order valence-corrected chi connectivity index (χ4v) is 5.63. The van der Waals surface area contributed by atoms with E-state index in [-0.39, 0.29) is 18.0 Å². The van der Waals surface area contributed by atoms with Crippen LogP contribution < -0.4 is 16.0 Å². The Morgan fingerprint density at radius 3 is 2.63 bits per heavy atom. The van der Waals surface area contributed by atoms with Gasteiger partial charge in [0.25, 0.3) is 0 Å². The summed E-state index contributed by atoms with van der Waals surface area (Å²) in [4.78, 5) is 33.9. The number of nitrogens with zero attached hydrogens (tertiary/aromatic N) is 3. The highest BCUT2D eigenvalue weighted by Gasteiger charge is 2.56. The minimum atomic E-state index is -0.972. The average Bonchev–Trinajstić information content (AvgIpc) is 3.38. The Kier molecular flexibility index (Phi) is 4.50. The van der Waals surface area contributed by atoms with Crippen molar-refractivity contribution in [3.05, 3.63) is 47.3 Å². The maximum absolute atomic E-state index is 12.9. The first-order chi connectivity index (χ1) is 14.4. The largest absolute Gasteiger partial charge is 0.368 e. The van der Waals surface area contributed by atoms with Gasteiger partial charge >= 0.3 is 6.03 Å². The Morgan fingerprint density at radius 2 is 2.07 bits per heavy atom. The third-order valence-corrected chi connectivity index (χ3v) is 7.78. The van der Waals surface area contributed by atoms with Crippen molar-refractivity contribution in [2.75, 3.05) is 29.9 Å². The number of benzene rings is 1. The summed E-state index contributed by atoms with van der Waals surface area (Å²) in [7, 11) is 0. The van der Waals surface area contributed by atoms with Gasteiger partial charge in [0.05, 0.1) is 6.54 Å². The van der Waals surface area contributed by atoms with Gasteiger partial charge in [-0.1, -0.05) is 18.6 Å². The number of nitrogens with two attached hydrogens (primary N) is 1. The van der Waals surface area contributed by atoms with Crippen LogP contribution in [0.1, 0.15) is 36.1 Å². The number of anilines is 2. The van der Waals surface area contributed by atoms with E-state index in [0.717, 1.165) is 30.2 Å². The van der Waals surface area contributed by atoms with E-state index in [9.17, 15) is 9.59 Å². The van der Waals surface area contributed by atoms with Gasteiger partial charge in [-0.25, -0.2) is 9.78 Å². The lowest BCUT2D eigenvalue weighted by atomic mass is 9.64. The molecule has 3 fully saturated rings. The Bertz CT molecular complexity index is 984. The van der Waals surface area contributed by atoms with E-state index in [0.29, 0.717) is 13.0 Å². The lowest BCUT2D eigenvalue weighted by molar-refractivity contribution is -0.124. The zero-order valence-electron chi connectivity index (χ0n) is 17.1. The number of thiazole rings is 1. The van der Waals surface area contributed by atoms with E-state index in [4.69, 9.17) is 5.73 Å². The number of carbonyl (C=O) groups is 2. The van der Waals surface area contributed by atoms with Gasteiger partial charge in [-0.05, 0) is 43.9 Å². The van der Waals surface area contributed by atoms with Gasteiger partial charge in [0.15, 0.2) is 5.13 Å². The number of hydrogen-bond acceptors (Lipinski definition) is 5. The van der Waals surface area contributed by atoms with Crippen LogP contribution >= 0.6 is 11.3 Å². The number of aromatic nitrogens is 1. The van der Waals surface area contributed by atoms with Crippen LogP contribution in [0.5, 0.6) is 0 Å². The van der Waals surface area contributed by atoms with Crippen LogP contribution in [0.3, 0.4) is 0 Å². The second-order valence-corrected chi connectivity index (χ2v) is 9.85. The molecule has 1 aromatic carbocycles. The number of hydrogen-bond donors (Lipinski definition) is 2. The molecule has 0 spiro atoms. The molecule has 8 heteroatoms. The maximum Gasteiger partial charge on any atom is 0.325 e. The number of nitrogens with one attached hydrogen (secondary N) is 1. The smallest absolute Gasteiger partial charge is 0.325 e. The van der Waals surface area contributed by atoms with Crippen molar-refractivity contribution in [3.8, 4) is 0 Å². The highest BCUT2D eigenvalue weighted by molar-refractivity contribution is 7.15. The third-order valence-electron chi connectivity index (χ3n) is 6.91. The van der Waals surface area contributed by atoms with Crippen molar-refractivity contribution in [1.82, 2.24) is 9.88 Å². The zero-order valence-corrected chi connectivity index (χ0v) is 17.9. The summed E-state index contributed by atoms with van der Waals surface area (Å²) in [5.74, 6) is -0.454. The lowest BCUT2D eigenvalue weighted by Crippen LogP contribution is -2.53. The molecule has 3 aliphatic rings. The fraction of sp³-hybridized carbons (Fsp3) is 0.455. The van der Waals surface area contributed by atoms with Crippen molar-refractivity contribution in [2.24, 2.45) is 5.73 Å². The van der Waals surface area contributed by atoms with Crippen molar-refractivity contribution in [3.63, 3.8) is 0 Å². The summed E-state index contributed by atoms with van der Waals surface area (Å²) in [6.45, 7) is 3.75. The first kappa shape index (κ1) is 19.4. The maximum atomic E-state index is 12.9.